The molecule has 2 aromatic carbocycles. The first-order valence-electron chi connectivity index (χ1n) is 7.92. The minimum atomic E-state index is -0.0713. The monoisotopic (exact) mass is 447 g/mol. The van der Waals surface area contributed by atoms with E-state index in [1.54, 1.807) is 6.26 Å². The summed E-state index contributed by atoms with van der Waals surface area (Å²) in [6.07, 6.45) is 1.63. The lowest BCUT2D eigenvalue weighted by Gasteiger charge is -2.08. The van der Waals surface area contributed by atoms with E-state index in [1.807, 2.05) is 60.7 Å². The van der Waals surface area contributed by atoms with Gasteiger partial charge in [-0.25, -0.2) is 0 Å². The van der Waals surface area contributed by atoms with Gasteiger partial charge in [0.15, 0.2) is 0 Å². The maximum atomic E-state index is 12.2. The van der Waals surface area contributed by atoms with Crippen molar-refractivity contribution in [2.24, 2.45) is 0 Å². The first kappa shape index (κ1) is 17.7. The molecule has 1 N–H and O–H groups in total. The van der Waals surface area contributed by atoms with Crippen LogP contribution in [0, 0.1) is 3.57 Å². The number of carbonyl (C=O) groups excluding carboxylic acids is 1. The molecule has 3 rings (SSSR count). The topological polar surface area (TPSA) is 51.5 Å². The lowest BCUT2D eigenvalue weighted by atomic mass is 10.1. The molecular formula is C20H18INO3. The number of carbonyl (C=O) groups is 1. The fraction of sp³-hybridized carbons (Fsp3) is 0.150. The van der Waals surface area contributed by atoms with Crippen LogP contribution in [0.3, 0.4) is 0 Å². The Balaban J connectivity index is 1.51. The zero-order valence-corrected chi connectivity index (χ0v) is 15.7. The van der Waals surface area contributed by atoms with Gasteiger partial charge in [0.25, 0.3) is 5.91 Å². The Kier molecular flexibility index (Phi) is 6.25. The van der Waals surface area contributed by atoms with E-state index >= 15 is 0 Å². The number of rotatable bonds is 7. The van der Waals surface area contributed by atoms with Crippen LogP contribution in [-0.4, -0.2) is 5.91 Å². The van der Waals surface area contributed by atoms with Gasteiger partial charge in [0, 0.05) is 15.7 Å². The number of nitrogens with one attached hydrogen (secondary N) is 1. The molecule has 0 saturated carbocycles. The summed E-state index contributed by atoms with van der Waals surface area (Å²) in [6, 6.07) is 19.3. The van der Waals surface area contributed by atoms with Gasteiger partial charge >= 0.3 is 0 Å². The third-order valence-corrected chi connectivity index (χ3v) is 4.30. The smallest absolute Gasteiger partial charge is 0.251 e. The fourth-order valence-electron chi connectivity index (χ4n) is 2.41. The molecule has 128 valence electrons. The summed E-state index contributed by atoms with van der Waals surface area (Å²) in [5.74, 6) is 0.735. The van der Waals surface area contributed by atoms with Gasteiger partial charge in [-0.05, 0) is 64.0 Å². The highest BCUT2D eigenvalue weighted by Gasteiger charge is 2.06. The standard InChI is InChI=1S/C20H18INO3/c21-18-7-2-6-17(11-18)20(23)22-12-15-4-1-5-16(10-15)13-24-14-19-8-3-9-25-19/h1-11H,12-14H2,(H,22,23). The molecule has 0 bridgehead atoms. The van der Waals surface area contributed by atoms with E-state index in [0.29, 0.717) is 25.3 Å². The van der Waals surface area contributed by atoms with Gasteiger partial charge in [0.1, 0.15) is 12.4 Å². The number of halogens is 1. The Morgan fingerprint density at radius 2 is 1.84 bits per heavy atom. The van der Waals surface area contributed by atoms with Crippen molar-refractivity contribution in [3.8, 4) is 0 Å². The van der Waals surface area contributed by atoms with E-state index in [2.05, 4.69) is 27.9 Å². The molecule has 0 atom stereocenters. The number of hydrogen-bond acceptors (Lipinski definition) is 3. The molecule has 4 nitrogen and oxygen atoms in total. The number of benzene rings is 2. The minimum absolute atomic E-state index is 0.0713. The molecule has 0 aliphatic carbocycles. The molecule has 1 heterocycles. The van der Waals surface area contributed by atoms with Crippen molar-refractivity contribution in [3.05, 3.63) is 92.9 Å². The van der Waals surface area contributed by atoms with Crippen LogP contribution in [0.5, 0.6) is 0 Å². The molecule has 0 spiro atoms. The largest absolute Gasteiger partial charge is 0.467 e. The Morgan fingerprint density at radius 1 is 1.00 bits per heavy atom. The molecule has 0 radical (unpaired) electrons. The van der Waals surface area contributed by atoms with Gasteiger partial charge in [0.2, 0.25) is 0 Å². The molecule has 0 fully saturated rings. The normalized spacial score (nSPS) is 10.6. The Morgan fingerprint density at radius 3 is 2.64 bits per heavy atom. The van der Waals surface area contributed by atoms with E-state index < -0.39 is 0 Å². The van der Waals surface area contributed by atoms with E-state index in [-0.39, 0.29) is 5.91 Å². The quantitative estimate of drug-likeness (QED) is 0.542. The summed E-state index contributed by atoms with van der Waals surface area (Å²) >= 11 is 2.20. The summed E-state index contributed by atoms with van der Waals surface area (Å²) in [5, 5.41) is 2.95. The van der Waals surface area contributed by atoms with Gasteiger partial charge in [-0.2, -0.15) is 0 Å². The Hall–Kier alpha value is -2.12. The summed E-state index contributed by atoms with van der Waals surface area (Å²) in [6.45, 7) is 1.43. The zero-order chi connectivity index (χ0) is 17.5. The van der Waals surface area contributed by atoms with Gasteiger partial charge < -0.3 is 14.5 Å². The van der Waals surface area contributed by atoms with Crippen LogP contribution < -0.4 is 5.32 Å². The van der Waals surface area contributed by atoms with Crippen molar-refractivity contribution < 1.29 is 13.9 Å². The highest BCUT2D eigenvalue weighted by atomic mass is 127. The van der Waals surface area contributed by atoms with Crippen LogP contribution in [0.2, 0.25) is 0 Å². The molecule has 0 aliphatic heterocycles. The van der Waals surface area contributed by atoms with E-state index in [9.17, 15) is 4.79 Å². The summed E-state index contributed by atoms with van der Waals surface area (Å²) < 4.78 is 11.9. The average Bonchev–Trinajstić information content (AvgIpc) is 3.13. The first-order chi connectivity index (χ1) is 12.2. The molecule has 0 unspecified atom stereocenters. The third-order valence-electron chi connectivity index (χ3n) is 3.62. The second kappa shape index (κ2) is 8.82. The van der Waals surface area contributed by atoms with Crippen molar-refractivity contribution in [2.45, 2.75) is 19.8 Å². The van der Waals surface area contributed by atoms with E-state index in [4.69, 9.17) is 9.15 Å². The van der Waals surface area contributed by atoms with Gasteiger partial charge in [-0.15, -0.1) is 0 Å². The van der Waals surface area contributed by atoms with Gasteiger partial charge in [-0.1, -0.05) is 30.3 Å². The van der Waals surface area contributed by atoms with Crippen molar-refractivity contribution in [1.29, 1.82) is 0 Å². The average molecular weight is 447 g/mol. The molecule has 0 saturated heterocycles. The van der Waals surface area contributed by atoms with Crippen LogP contribution in [-0.2, 0) is 24.5 Å². The lowest BCUT2D eigenvalue weighted by molar-refractivity contribution is 0.0928. The number of hydrogen-bond donors (Lipinski definition) is 1. The molecular weight excluding hydrogens is 429 g/mol. The number of amides is 1. The molecule has 3 aromatic rings. The van der Waals surface area contributed by atoms with Gasteiger partial charge in [0.05, 0.1) is 12.9 Å². The van der Waals surface area contributed by atoms with Gasteiger partial charge in [-0.3, -0.25) is 4.79 Å². The van der Waals surface area contributed by atoms with Crippen molar-refractivity contribution in [1.82, 2.24) is 5.32 Å². The lowest BCUT2D eigenvalue weighted by Crippen LogP contribution is -2.22. The molecule has 1 aromatic heterocycles. The molecule has 0 aliphatic rings. The third kappa shape index (κ3) is 5.44. The summed E-state index contributed by atoms with van der Waals surface area (Å²) in [7, 11) is 0. The van der Waals surface area contributed by atoms with Crippen LogP contribution in [0.15, 0.2) is 71.3 Å². The first-order valence-corrected chi connectivity index (χ1v) is 9.00. The predicted molar refractivity (Wildman–Crippen MR) is 104 cm³/mol. The molecule has 5 heteroatoms. The molecule has 1 amide bonds. The highest BCUT2D eigenvalue weighted by Crippen LogP contribution is 2.11. The van der Waals surface area contributed by atoms with E-state index in [1.165, 1.54) is 0 Å². The van der Waals surface area contributed by atoms with Crippen molar-refractivity contribution in [3.63, 3.8) is 0 Å². The maximum Gasteiger partial charge on any atom is 0.251 e. The Labute approximate surface area is 160 Å². The van der Waals surface area contributed by atoms with Crippen LogP contribution in [0.25, 0.3) is 0 Å². The minimum Gasteiger partial charge on any atom is -0.467 e. The fourth-order valence-corrected chi connectivity index (χ4v) is 2.95. The second-order valence-corrected chi connectivity index (χ2v) is 6.83. The van der Waals surface area contributed by atoms with Crippen LogP contribution in [0.4, 0.5) is 0 Å². The Bertz CT molecular complexity index is 830. The van der Waals surface area contributed by atoms with Crippen molar-refractivity contribution in [2.75, 3.05) is 0 Å². The number of ether oxygens (including phenoxy) is 1. The summed E-state index contributed by atoms with van der Waals surface area (Å²) in [4.78, 5) is 12.2. The molecule has 25 heavy (non-hydrogen) atoms. The predicted octanol–water partition coefficient (Wildman–Crippen LogP) is 4.53. The van der Waals surface area contributed by atoms with Crippen molar-refractivity contribution >= 4 is 28.5 Å². The highest BCUT2D eigenvalue weighted by molar-refractivity contribution is 14.1. The van der Waals surface area contributed by atoms with Crippen LogP contribution >= 0.6 is 22.6 Å². The maximum absolute atomic E-state index is 12.2. The van der Waals surface area contributed by atoms with E-state index in [0.717, 1.165) is 20.5 Å². The van der Waals surface area contributed by atoms with Crippen LogP contribution in [0.1, 0.15) is 27.2 Å². The number of furan rings is 1. The zero-order valence-electron chi connectivity index (χ0n) is 13.6. The summed E-state index contributed by atoms with van der Waals surface area (Å²) in [5.41, 5.74) is 2.77. The SMILES string of the molecule is O=C(NCc1cccc(COCc2ccco2)c1)c1cccc(I)c1. The second-order valence-electron chi connectivity index (χ2n) is 5.59.